The Labute approximate surface area is 131 Å². The number of hydrogen-bond donors (Lipinski definition) is 4. The lowest BCUT2D eigenvalue weighted by atomic mass is 10.5. The van der Waals surface area contributed by atoms with Crippen LogP contribution in [0.15, 0.2) is 37.9 Å². The van der Waals surface area contributed by atoms with Crippen LogP contribution in [0.1, 0.15) is 0 Å². The van der Waals surface area contributed by atoms with Gasteiger partial charge in [0.15, 0.2) is 6.35 Å². The molecule has 0 saturated heterocycles. The largest absolute Gasteiger partial charge is 0.479 e. The van der Waals surface area contributed by atoms with Gasteiger partial charge in [0.05, 0.1) is 11.2 Å². The molecule has 8 nitrogen and oxygen atoms in total. The summed E-state index contributed by atoms with van der Waals surface area (Å²) in [4.78, 5) is 39.6. The summed E-state index contributed by atoms with van der Waals surface area (Å²) < 4.78 is 16.8. The average molecular weight is 359 g/mol. The molecule has 22 heavy (non-hydrogen) atoms. The van der Waals surface area contributed by atoms with Crippen molar-refractivity contribution in [2.75, 3.05) is 6.35 Å². The number of ether oxygens (including phenoxy) is 1. The second-order valence-electron chi connectivity index (χ2n) is 4.22. The van der Waals surface area contributed by atoms with Gasteiger partial charge in [-0.05, 0) is 11.4 Å². The Bertz CT molecular complexity index is 912. The minimum absolute atomic E-state index is 0.263. The highest BCUT2D eigenvalue weighted by molar-refractivity contribution is 8.01. The van der Waals surface area contributed by atoms with E-state index in [1.165, 1.54) is 29.4 Å². The monoisotopic (exact) mass is 359 g/mol. The molecule has 0 aliphatic heterocycles. The lowest BCUT2D eigenvalue weighted by Crippen LogP contribution is -2.05. The van der Waals surface area contributed by atoms with Gasteiger partial charge in [-0.1, -0.05) is 11.8 Å². The fraction of sp³-hybridized carbons (Fsp3) is 0.0909. The van der Waals surface area contributed by atoms with Crippen molar-refractivity contribution < 1.29 is 19.1 Å². The minimum Gasteiger partial charge on any atom is -0.479 e. The van der Waals surface area contributed by atoms with Gasteiger partial charge in [0.25, 0.3) is 5.56 Å². The summed E-state index contributed by atoms with van der Waals surface area (Å²) in [6.07, 6.45) is 2.30. The van der Waals surface area contributed by atoms with Crippen LogP contribution in [0.3, 0.4) is 0 Å². The first-order valence-corrected chi connectivity index (χ1v) is 9.41. The maximum Gasteiger partial charge on any atom is 0.362 e. The van der Waals surface area contributed by atoms with Gasteiger partial charge in [0.1, 0.15) is 21.0 Å². The van der Waals surface area contributed by atoms with E-state index >= 15 is 0 Å². The Morgan fingerprint density at radius 3 is 3.00 bits per heavy atom. The van der Waals surface area contributed by atoms with Gasteiger partial charge in [-0.3, -0.25) is 9.36 Å². The second-order valence-corrected chi connectivity index (χ2v) is 8.03. The molecule has 0 saturated carbocycles. The van der Waals surface area contributed by atoms with Crippen molar-refractivity contribution in [3.63, 3.8) is 0 Å². The molecular formula is C11H10N3O5PS2. The quantitative estimate of drug-likeness (QED) is 0.513. The standard InChI is InChI=1S/C11H10N3O5PS2/c15-10-9-8(13-4-14-10)7(3-12-9)22-11-6(1-2-21-11)19-5-20(16,17)18/h1-4,12H,5H2,(H,13,14,15)(H2,16,17,18). The number of aromatic amines is 2. The molecule has 0 aliphatic carbocycles. The summed E-state index contributed by atoms with van der Waals surface area (Å²) in [5, 5.41) is 1.76. The molecule has 0 radical (unpaired) electrons. The highest BCUT2D eigenvalue weighted by atomic mass is 32.2. The SMILES string of the molecule is O=c1[nH]cnc2c(Sc3sccc3OCP(=O)(O)O)c[nH]c12. The van der Waals surface area contributed by atoms with Crippen LogP contribution in [0.25, 0.3) is 11.0 Å². The van der Waals surface area contributed by atoms with Gasteiger partial charge in [-0.2, -0.15) is 0 Å². The molecule has 0 fully saturated rings. The van der Waals surface area contributed by atoms with Crippen LogP contribution in [0.5, 0.6) is 5.75 Å². The zero-order chi connectivity index (χ0) is 15.7. The van der Waals surface area contributed by atoms with E-state index in [2.05, 4.69) is 15.0 Å². The highest BCUT2D eigenvalue weighted by Crippen LogP contribution is 2.43. The van der Waals surface area contributed by atoms with Crippen LogP contribution in [-0.2, 0) is 4.57 Å². The van der Waals surface area contributed by atoms with E-state index in [4.69, 9.17) is 14.5 Å². The molecular weight excluding hydrogens is 349 g/mol. The molecule has 0 spiro atoms. The van der Waals surface area contributed by atoms with Gasteiger partial charge in [-0.15, -0.1) is 11.3 Å². The van der Waals surface area contributed by atoms with Crippen molar-refractivity contribution in [2.45, 2.75) is 9.10 Å². The zero-order valence-electron chi connectivity index (χ0n) is 10.8. The number of thiophene rings is 1. The first kappa shape index (κ1) is 15.3. The normalized spacial score (nSPS) is 11.9. The maximum absolute atomic E-state index is 11.6. The molecule has 3 rings (SSSR count). The molecule has 116 valence electrons. The number of fused-ring (bicyclic) bond motifs is 1. The van der Waals surface area contributed by atoms with Gasteiger partial charge in [-0.25, -0.2) is 4.98 Å². The van der Waals surface area contributed by atoms with Crippen LogP contribution in [-0.4, -0.2) is 31.1 Å². The summed E-state index contributed by atoms with van der Waals surface area (Å²) in [7, 11) is -4.23. The second kappa shape index (κ2) is 5.90. The number of rotatable bonds is 5. The van der Waals surface area contributed by atoms with Crippen molar-refractivity contribution in [2.24, 2.45) is 0 Å². The summed E-state index contributed by atoms with van der Waals surface area (Å²) in [6.45, 7) is 0. The van der Waals surface area contributed by atoms with E-state index in [1.54, 1.807) is 17.6 Å². The Kier molecular flexibility index (Phi) is 4.11. The fourth-order valence-corrected chi connectivity index (χ4v) is 4.01. The van der Waals surface area contributed by atoms with Gasteiger partial charge < -0.3 is 24.5 Å². The molecule has 0 bridgehead atoms. The number of aromatic nitrogens is 3. The van der Waals surface area contributed by atoms with Gasteiger partial charge in [0, 0.05) is 6.20 Å². The smallest absolute Gasteiger partial charge is 0.362 e. The summed E-state index contributed by atoms with van der Waals surface area (Å²) in [5.41, 5.74) is 0.642. The van der Waals surface area contributed by atoms with Crippen molar-refractivity contribution in [1.29, 1.82) is 0 Å². The molecule has 3 heterocycles. The lowest BCUT2D eigenvalue weighted by Gasteiger charge is -2.07. The van der Waals surface area contributed by atoms with E-state index in [0.717, 1.165) is 9.10 Å². The van der Waals surface area contributed by atoms with Gasteiger partial charge >= 0.3 is 7.60 Å². The average Bonchev–Trinajstić information content (AvgIpc) is 3.05. The first-order valence-electron chi connectivity index (χ1n) is 5.91. The molecule has 4 N–H and O–H groups in total. The molecule has 0 amide bonds. The Morgan fingerprint density at radius 1 is 1.41 bits per heavy atom. The predicted octanol–water partition coefficient (Wildman–Crippen LogP) is 1.98. The molecule has 0 aromatic carbocycles. The van der Waals surface area contributed by atoms with Crippen LogP contribution in [0, 0.1) is 0 Å². The lowest BCUT2D eigenvalue weighted by molar-refractivity contribution is 0.298. The van der Waals surface area contributed by atoms with E-state index in [-0.39, 0.29) is 5.56 Å². The highest BCUT2D eigenvalue weighted by Gasteiger charge is 2.17. The first-order chi connectivity index (χ1) is 10.4. The Balaban J connectivity index is 1.87. The van der Waals surface area contributed by atoms with Crippen molar-refractivity contribution >= 4 is 41.7 Å². The van der Waals surface area contributed by atoms with Crippen LogP contribution < -0.4 is 10.3 Å². The van der Waals surface area contributed by atoms with E-state index in [0.29, 0.717) is 16.8 Å². The van der Waals surface area contributed by atoms with E-state index in [1.807, 2.05) is 0 Å². The number of nitrogens with one attached hydrogen (secondary N) is 2. The fourth-order valence-electron chi connectivity index (χ4n) is 1.72. The van der Waals surface area contributed by atoms with Crippen LogP contribution in [0.2, 0.25) is 0 Å². The Morgan fingerprint density at radius 2 is 2.23 bits per heavy atom. The van der Waals surface area contributed by atoms with Crippen molar-refractivity contribution in [3.05, 3.63) is 34.3 Å². The van der Waals surface area contributed by atoms with Crippen LogP contribution >= 0.6 is 30.7 Å². The molecule has 0 aliphatic rings. The third-order valence-electron chi connectivity index (χ3n) is 2.62. The molecule has 3 aromatic rings. The minimum atomic E-state index is -4.23. The molecule has 3 aromatic heterocycles. The zero-order valence-corrected chi connectivity index (χ0v) is 13.4. The third-order valence-corrected chi connectivity index (χ3v) is 5.23. The summed E-state index contributed by atoms with van der Waals surface area (Å²) >= 11 is 2.68. The van der Waals surface area contributed by atoms with E-state index in [9.17, 15) is 9.36 Å². The predicted molar refractivity (Wildman–Crippen MR) is 82.7 cm³/mol. The maximum atomic E-state index is 11.6. The topological polar surface area (TPSA) is 128 Å². The van der Waals surface area contributed by atoms with Crippen LogP contribution in [0.4, 0.5) is 0 Å². The summed E-state index contributed by atoms with van der Waals surface area (Å²) in [5.74, 6) is 0.387. The molecule has 11 heteroatoms. The molecule has 0 unspecified atom stereocenters. The van der Waals surface area contributed by atoms with Crippen molar-refractivity contribution in [3.8, 4) is 5.75 Å². The third kappa shape index (κ3) is 3.26. The number of nitrogens with zero attached hydrogens (tertiary/aromatic N) is 1. The molecule has 0 atom stereocenters. The number of H-pyrrole nitrogens is 2. The number of hydrogen-bond acceptors (Lipinski definition) is 6. The summed E-state index contributed by atoms with van der Waals surface area (Å²) in [6, 6.07) is 1.64. The van der Waals surface area contributed by atoms with Crippen molar-refractivity contribution in [1.82, 2.24) is 15.0 Å². The van der Waals surface area contributed by atoms with E-state index < -0.39 is 13.9 Å². The van der Waals surface area contributed by atoms with Gasteiger partial charge in [0.2, 0.25) is 0 Å². The Hall–Kier alpha value is -1.58.